The molecule has 1 atom stereocenters. The van der Waals surface area contributed by atoms with E-state index < -0.39 is 6.10 Å². The van der Waals surface area contributed by atoms with Gasteiger partial charge in [-0.1, -0.05) is 0 Å². The minimum Gasteiger partial charge on any atom is -0.496 e. The maximum atomic E-state index is 8.75. The zero-order chi connectivity index (χ0) is 5.98. The van der Waals surface area contributed by atoms with Crippen LogP contribution in [0.2, 0.25) is 0 Å². The van der Waals surface area contributed by atoms with Crippen LogP contribution in [-0.4, -0.2) is 22.2 Å². The number of rotatable bonds is 0. The lowest BCUT2D eigenvalue weighted by Crippen LogP contribution is -2.12. The van der Waals surface area contributed by atoms with Crippen LogP contribution in [-0.2, 0) is 0 Å². The molecule has 1 heterocycles. The summed E-state index contributed by atoms with van der Waals surface area (Å²) in [5.41, 5.74) is 0. The van der Waals surface area contributed by atoms with Crippen LogP contribution in [0.1, 0.15) is 6.42 Å². The minimum atomic E-state index is -0.549. The molecule has 0 saturated carbocycles. The predicted octanol–water partition coefficient (Wildman–Crippen LogP) is 0.221. The molecule has 0 aromatic heterocycles. The summed E-state index contributed by atoms with van der Waals surface area (Å²) in [7, 11) is 0. The van der Waals surface area contributed by atoms with Crippen molar-refractivity contribution >= 4 is 5.90 Å². The lowest BCUT2D eigenvalue weighted by Gasteiger charge is -2.05. The summed E-state index contributed by atoms with van der Waals surface area (Å²) in [5, 5.41) is 17.4. The fourth-order valence-corrected chi connectivity index (χ4v) is 0.536. The lowest BCUT2D eigenvalue weighted by atomic mass is 10.2. The number of hydrogen-bond acceptors (Lipinski definition) is 2. The Morgan fingerprint density at radius 1 is 1.75 bits per heavy atom. The molecule has 0 aromatic carbocycles. The molecular weight excluding hydrogens is 106 g/mol. The van der Waals surface area contributed by atoms with Crippen LogP contribution in [0.25, 0.3) is 0 Å². The van der Waals surface area contributed by atoms with Crippen molar-refractivity contribution < 1.29 is 10.2 Å². The molecule has 1 unspecified atom stereocenters. The zero-order valence-corrected chi connectivity index (χ0v) is 4.28. The Morgan fingerprint density at radius 3 is 2.88 bits per heavy atom. The normalized spacial score (nSPS) is 27.6. The summed E-state index contributed by atoms with van der Waals surface area (Å²) in [6.45, 7) is 0. The van der Waals surface area contributed by atoms with E-state index in [2.05, 4.69) is 4.99 Å². The SMILES string of the molecule is OC1=NC=CC(O)C1. The lowest BCUT2D eigenvalue weighted by molar-refractivity contribution is 0.223. The number of aliphatic imine (C=N–C) groups is 1. The molecule has 0 amide bonds. The van der Waals surface area contributed by atoms with Crippen molar-refractivity contribution in [2.75, 3.05) is 0 Å². The van der Waals surface area contributed by atoms with Gasteiger partial charge in [0.2, 0.25) is 0 Å². The van der Waals surface area contributed by atoms with E-state index in [0.29, 0.717) is 0 Å². The maximum Gasteiger partial charge on any atom is 0.188 e. The Balaban J connectivity index is 2.59. The highest BCUT2D eigenvalue weighted by Gasteiger charge is 2.05. The second-order valence-electron chi connectivity index (χ2n) is 1.66. The van der Waals surface area contributed by atoms with E-state index in [-0.39, 0.29) is 12.3 Å². The Labute approximate surface area is 47.0 Å². The molecule has 0 radical (unpaired) electrons. The minimum absolute atomic E-state index is 0.000000000000000444. The first-order valence-electron chi connectivity index (χ1n) is 2.39. The molecule has 3 heteroatoms. The molecule has 44 valence electrons. The molecule has 2 N–H and O–H groups in total. The third-order valence-corrected chi connectivity index (χ3v) is 0.923. The van der Waals surface area contributed by atoms with E-state index in [1.807, 2.05) is 0 Å². The average Bonchev–Trinajstić information content (AvgIpc) is 1.64. The third kappa shape index (κ3) is 1.07. The van der Waals surface area contributed by atoms with Crippen LogP contribution in [0.4, 0.5) is 0 Å². The van der Waals surface area contributed by atoms with Gasteiger partial charge in [0.1, 0.15) is 0 Å². The van der Waals surface area contributed by atoms with Gasteiger partial charge in [-0.25, -0.2) is 4.99 Å². The van der Waals surface area contributed by atoms with E-state index in [1.54, 1.807) is 0 Å². The number of nitrogens with zero attached hydrogens (tertiary/aromatic N) is 1. The smallest absolute Gasteiger partial charge is 0.188 e. The van der Waals surface area contributed by atoms with Crippen molar-refractivity contribution in [3.63, 3.8) is 0 Å². The van der Waals surface area contributed by atoms with Crippen LogP contribution in [0.15, 0.2) is 17.3 Å². The van der Waals surface area contributed by atoms with Crippen LogP contribution < -0.4 is 0 Å². The first-order valence-corrected chi connectivity index (χ1v) is 2.39. The summed E-state index contributed by atoms with van der Waals surface area (Å²) in [4.78, 5) is 3.51. The van der Waals surface area contributed by atoms with E-state index >= 15 is 0 Å². The van der Waals surface area contributed by atoms with Gasteiger partial charge >= 0.3 is 0 Å². The molecule has 0 spiro atoms. The summed E-state index contributed by atoms with van der Waals surface area (Å²) in [6, 6.07) is 0. The maximum absolute atomic E-state index is 8.75. The standard InChI is InChI=1S/C5H7NO2/c7-4-1-2-6-5(8)3-4/h1-2,4,7H,3H2,(H,6,8). The highest BCUT2D eigenvalue weighted by atomic mass is 16.3. The largest absolute Gasteiger partial charge is 0.496 e. The summed E-state index contributed by atoms with van der Waals surface area (Å²) in [6.07, 6.45) is 2.62. The van der Waals surface area contributed by atoms with Crippen molar-refractivity contribution in [1.29, 1.82) is 0 Å². The number of aliphatic hydroxyl groups is 2. The molecule has 0 aliphatic carbocycles. The summed E-state index contributed by atoms with van der Waals surface area (Å²) < 4.78 is 0. The predicted molar refractivity (Wildman–Crippen MR) is 29.8 cm³/mol. The average molecular weight is 113 g/mol. The first kappa shape index (κ1) is 5.31. The van der Waals surface area contributed by atoms with E-state index in [9.17, 15) is 0 Å². The van der Waals surface area contributed by atoms with Crippen LogP contribution >= 0.6 is 0 Å². The van der Waals surface area contributed by atoms with Gasteiger partial charge in [0.25, 0.3) is 0 Å². The molecular formula is C5H7NO2. The molecule has 0 bridgehead atoms. The Hall–Kier alpha value is -0.830. The molecule has 1 aliphatic heterocycles. The van der Waals surface area contributed by atoms with Gasteiger partial charge in [0.05, 0.1) is 12.5 Å². The highest BCUT2D eigenvalue weighted by Crippen LogP contribution is 2.00. The van der Waals surface area contributed by atoms with Crippen molar-refractivity contribution in [3.05, 3.63) is 12.3 Å². The van der Waals surface area contributed by atoms with Crippen LogP contribution in [0, 0.1) is 0 Å². The van der Waals surface area contributed by atoms with Gasteiger partial charge in [-0.2, -0.15) is 0 Å². The van der Waals surface area contributed by atoms with Gasteiger partial charge in [-0.05, 0) is 6.08 Å². The van der Waals surface area contributed by atoms with Gasteiger partial charge < -0.3 is 10.2 Å². The van der Waals surface area contributed by atoms with Gasteiger partial charge in [-0.15, -0.1) is 0 Å². The fourth-order valence-electron chi connectivity index (χ4n) is 0.536. The Bertz CT molecular complexity index is 139. The second kappa shape index (κ2) is 1.96. The molecule has 0 aromatic rings. The van der Waals surface area contributed by atoms with Crippen molar-refractivity contribution in [2.24, 2.45) is 4.99 Å². The molecule has 0 fully saturated rings. The van der Waals surface area contributed by atoms with Crippen molar-refractivity contribution in [1.82, 2.24) is 0 Å². The van der Waals surface area contributed by atoms with E-state index in [4.69, 9.17) is 10.2 Å². The van der Waals surface area contributed by atoms with Crippen LogP contribution in [0.3, 0.4) is 0 Å². The molecule has 8 heavy (non-hydrogen) atoms. The second-order valence-corrected chi connectivity index (χ2v) is 1.66. The van der Waals surface area contributed by atoms with E-state index in [1.165, 1.54) is 12.3 Å². The zero-order valence-electron chi connectivity index (χ0n) is 4.28. The third-order valence-electron chi connectivity index (χ3n) is 0.923. The summed E-state index contributed by atoms with van der Waals surface area (Å²) >= 11 is 0. The fraction of sp³-hybridized carbons (Fsp3) is 0.400. The molecule has 0 saturated heterocycles. The topological polar surface area (TPSA) is 52.8 Å². The van der Waals surface area contributed by atoms with Gasteiger partial charge in [0, 0.05) is 6.20 Å². The quantitative estimate of drug-likeness (QED) is 0.472. The Kier molecular flexibility index (Phi) is 1.30. The number of aliphatic hydroxyl groups excluding tert-OH is 2. The highest BCUT2D eigenvalue weighted by molar-refractivity contribution is 5.76. The summed E-state index contributed by atoms with van der Waals surface area (Å²) in [5.74, 6) is 0.000000000000000444. The molecule has 1 aliphatic rings. The van der Waals surface area contributed by atoms with Crippen molar-refractivity contribution in [3.8, 4) is 0 Å². The first-order chi connectivity index (χ1) is 3.79. The van der Waals surface area contributed by atoms with E-state index in [0.717, 1.165) is 0 Å². The van der Waals surface area contributed by atoms with Crippen molar-refractivity contribution in [2.45, 2.75) is 12.5 Å². The molecule has 3 nitrogen and oxygen atoms in total. The molecule has 1 rings (SSSR count). The van der Waals surface area contributed by atoms with Gasteiger partial charge in [-0.3, -0.25) is 0 Å². The number of hydrogen-bond donors (Lipinski definition) is 2. The monoisotopic (exact) mass is 113 g/mol. The van der Waals surface area contributed by atoms with Gasteiger partial charge in [0.15, 0.2) is 5.90 Å². The van der Waals surface area contributed by atoms with Crippen LogP contribution in [0.5, 0.6) is 0 Å². The Morgan fingerprint density at radius 2 is 2.50 bits per heavy atom.